The van der Waals surface area contributed by atoms with Crippen molar-refractivity contribution in [2.45, 2.75) is 0 Å². The van der Waals surface area contributed by atoms with Crippen LogP contribution in [0.15, 0.2) is 30.0 Å². The second-order valence-electron chi connectivity index (χ2n) is 3.25. The van der Waals surface area contributed by atoms with Crippen LogP contribution in [0.5, 0.6) is 0 Å². The topological polar surface area (TPSA) is 67.6 Å². The van der Waals surface area contributed by atoms with Crippen molar-refractivity contribution in [2.75, 3.05) is 5.73 Å². The van der Waals surface area contributed by atoms with Gasteiger partial charge in [0, 0.05) is 34.3 Å². The van der Waals surface area contributed by atoms with Gasteiger partial charge in [0.05, 0.1) is 11.9 Å². The number of nitrogens with two attached hydrogens (primary N) is 1. The van der Waals surface area contributed by atoms with Crippen LogP contribution in [0.25, 0.3) is 21.3 Å². The Morgan fingerprint density at radius 2 is 2.20 bits per heavy atom. The molecule has 0 saturated carbocycles. The standard InChI is InChI=1S/C10H8N4S/c11-9-5-15-10-8(9)1-6(2-12-10)7-3-13-14-4-7/h1-5H,11H2,(H,13,14). The Morgan fingerprint density at radius 3 is 3.00 bits per heavy atom. The number of fused-ring (bicyclic) bond motifs is 1. The van der Waals surface area contributed by atoms with Gasteiger partial charge in [-0.1, -0.05) is 0 Å². The highest BCUT2D eigenvalue weighted by molar-refractivity contribution is 7.17. The number of nitrogen functional groups attached to an aromatic ring is 1. The lowest BCUT2D eigenvalue weighted by Gasteiger charge is -1.97. The number of rotatable bonds is 1. The van der Waals surface area contributed by atoms with E-state index in [1.165, 1.54) is 0 Å². The van der Waals surface area contributed by atoms with Gasteiger partial charge >= 0.3 is 0 Å². The summed E-state index contributed by atoms with van der Waals surface area (Å²) in [5.41, 5.74) is 8.68. The molecule has 0 aromatic carbocycles. The van der Waals surface area contributed by atoms with Crippen molar-refractivity contribution in [1.29, 1.82) is 0 Å². The molecule has 0 spiro atoms. The largest absolute Gasteiger partial charge is 0.398 e. The smallest absolute Gasteiger partial charge is 0.125 e. The maximum atomic E-state index is 5.85. The molecule has 3 rings (SSSR count). The molecule has 4 nitrogen and oxygen atoms in total. The Labute approximate surface area is 89.8 Å². The van der Waals surface area contributed by atoms with E-state index in [0.29, 0.717) is 0 Å². The molecule has 0 aliphatic carbocycles. The number of anilines is 1. The number of hydrogen-bond donors (Lipinski definition) is 2. The van der Waals surface area contributed by atoms with Crippen LogP contribution in [0, 0.1) is 0 Å². The second-order valence-corrected chi connectivity index (χ2v) is 4.11. The molecule has 3 aromatic heterocycles. The first-order valence-corrected chi connectivity index (χ1v) is 5.34. The number of nitrogens with zero attached hydrogens (tertiary/aromatic N) is 2. The third-order valence-corrected chi connectivity index (χ3v) is 3.21. The number of hydrogen-bond acceptors (Lipinski definition) is 4. The molecule has 3 aromatic rings. The van der Waals surface area contributed by atoms with Crippen LogP contribution in [0.1, 0.15) is 0 Å². The molecule has 0 fully saturated rings. The van der Waals surface area contributed by atoms with E-state index in [-0.39, 0.29) is 0 Å². The van der Waals surface area contributed by atoms with E-state index in [2.05, 4.69) is 15.2 Å². The van der Waals surface area contributed by atoms with Gasteiger partial charge in [-0.2, -0.15) is 5.10 Å². The summed E-state index contributed by atoms with van der Waals surface area (Å²) in [6.45, 7) is 0. The molecule has 0 atom stereocenters. The Bertz CT molecular complexity index is 597. The van der Waals surface area contributed by atoms with Crippen LogP contribution >= 0.6 is 11.3 Å². The van der Waals surface area contributed by atoms with Crippen LogP contribution in [-0.2, 0) is 0 Å². The Balaban J connectivity index is 2.25. The minimum atomic E-state index is 0.785. The number of thiophene rings is 1. The average Bonchev–Trinajstić information content (AvgIpc) is 2.88. The fourth-order valence-corrected chi connectivity index (χ4v) is 2.29. The van der Waals surface area contributed by atoms with Crippen LogP contribution in [0.4, 0.5) is 5.69 Å². The van der Waals surface area contributed by atoms with Crippen molar-refractivity contribution in [3.8, 4) is 11.1 Å². The molecule has 3 N–H and O–H groups in total. The zero-order chi connectivity index (χ0) is 10.3. The van der Waals surface area contributed by atoms with Crippen LogP contribution in [0.2, 0.25) is 0 Å². The minimum Gasteiger partial charge on any atom is -0.398 e. The van der Waals surface area contributed by atoms with E-state index in [0.717, 1.165) is 27.0 Å². The Morgan fingerprint density at radius 1 is 1.27 bits per heavy atom. The SMILES string of the molecule is Nc1csc2ncc(-c3cn[nH]c3)cc12. The summed E-state index contributed by atoms with van der Waals surface area (Å²) in [4.78, 5) is 5.33. The number of aromatic nitrogens is 3. The molecule has 0 unspecified atom stereocenters. The van der Waals surface area contributed by atoms with E-state index in [1.54, 1.807) is 17.5 Å². The highest BCUT2D eigenvalue weighted by Gasteiger charge is 2.05. The third kappa shape index (κ3) is 1.28. The van der Waals surface area contributed by atoms with Crippen molar-refractivity contribution < 1.29 is 0 Å². The number of pyridine rings is 1. The maximum Gasteiger partial charge on any atom is 0.125 e. The summed E-state index contributed by atoms with van der Waals surface area (Å²) < 4.78 is 0. The lowest BCUT2D eigenvalue weighted by molar-refractivity contribution is 1.09. The summed E-state index contributed by atoms with van der Waals surface area (Å²) in [5.74, 6) is 0. The number of nitrogens with one attached hydrogen (secondary N) is 1. The van der Waals surface area contributed by atoms with Gasteiger partial charge in [-0.05, 0) is 6.07 Å². The summed E-state index contributed by atoms with van der Waals surface area (Å²) in [5, 5.41) is 9.61. The van der Waals surface area contributed by atoms with E-state index < -0.39 is 0 Å². The molecule has 3 heterocycles. The van der Waals surface area contributed by atoms with Gasteiger partial charge in [-0.25, -0.2) is 4.98 Å². The van der Waals surface area contributed by atoms with Gasteiger partial charge in [0.1, 0.15) is 4.83 Å². The molecular weight excluding hydrogens is 208 g/mol. The lowest BCUT2D eigenvalue weighted by atomic mass is 10.1. The average molecular weight is 216 g/mol. The van der Waals surface area contributed by atoms with E-state index in [1.807, 2.05) is 23.8 Å². The summed E-state index contributed by atoms with van der Waals surface area (Å²) in [6.07, 6.45) is 5.44. The van der Waals surface area contributed by atoms with E-state index >= 15 is 0 Å². The normalized spacial score (nSPS) is 10.9. The third-order valence-electron chi connectivity index (χ3n) is 2.29. The molecule has 0 amide bonds. The summed E-state index contributed by atoms with van der Waals surface area (Å²) in [7, 11) is 0. The maximum absolute atomic E-state index is 5.85. The zero-order valence-corrected chi connectivity index (χ0v) is 8.58. The summed E-state index contributed by atoms with van der Waals surface area (Å²) in [6, 6.07) is 2.04. The minimum absolute atomic E-state index is 0.785. The van der Waals surface area contributed by atoms with Crippen molar-refractivity contribution in [3.05, 3.63) is 30.0 Å². The first-order chi connectivity index (χ1) is 7.34. The van der Waals surface area contributed by atoms with Crippen LogP contribution in [0.3, 0.4) is 0 Å². The molecule has 74 valence electrons. The van der Waals surface area contributed by atoms with E-state index in [9.17, 15) is 0 Å². The van der Waals surface area contributed by atoms with Crippen molar-refractivity contribution >= 4 is 27.2 Å². The second kappa shape index (κ2) is 3.06. The van der Waals surface area contributed by atoms with Gasteiger partial charge in [0.15, 0.2) is 0 Å². The molecule has 0 saturated heterocycles. The molecular formula is C10H8N4S. The molecule has 5 heteroatoms. The fraction of sp³-hybridized carbons (Fsp3) is 0. The van der Waals surface area contributed by atoms with Crippen LogP contribution < -0.4 is 5.73 Å². The van der Waals surface area contributed by atoms with Crippen LogP contribution in [-0.4, -0.2) is 15.2 Å². The van der Waals surface area contributed by atoms with Gasteiger partial charge in [-0.3, -0.25) is 5.10 Å². The number of H-pyrrole nitrogens is 1. The predicted molar refractivity (Wildman–Crippen MR) is 61.6 cm³/mol. The Kier molecular flexibility index (Phi) is 1.72. The van der Waals surface area contributed by atoms with Crippen molar-refractivity contribution in [3.63, 3.8) is 0 Å². The van der Waals surface area contributed by atoms with Gasteiger partial charge < -0.3 is 5.73 Å². The molecule has 0 aliphatic rings. The first kappa shape index (κ1) is 8.43. The Hall–Kier alpha value is -1.88. The monoisotopic (exact) mass is 216 g/mol. The van der Waals surface area contributed by atoms with Crippen molar-refractivity contribution in [2.24, 2.45) is 0 Å². The predicted octanol–water partition coefficient (Wildman–Crippen LogP) is 2.27. The van der Waals surface area contributed by atoms with Gasteiger partial charge in [0.2, 0.25) is 0 Å². The summed E-state index contributed by atoms with van der Waals surface area (Å²) >= 11 is 1.56. The van der Waals surface area contributed by atoms with E-state index in [4.69, 9.17) is 5.73 Å². The van der Waals surface area contributed by atoms with Crippen molar-refractivity contribution in [1.82, 2.24) is 15.2 Å². The fourth-order valence-electron chi connectivity index (χ4n) is 1.50. The highest BCUT2D eigenvalue weighted by Crippen LogP contribution is 2.29. The number of aromatic amines is 1. The zero-order valence-electron chi connectivity index (χ0n) is 7.77. The first-order valence-electron chi connectivity index (χ1n) is 4.46. The lowest BCUT2D eigenvalue weighted by Crippen LogP contribution is -1.83. The molecule has 15 heavy (non-hydrogen) atoms. The molecule has 0 aliphatic heterocycles. The highest BCUT2D eigenvalue weighted by atomic mass is 32.1. The molecule has 0 radical (unpaired) electrons. The molecule has 0 bridgehead atoms. The van der Waals surface area contributed by atoms with Gasteiger partial charge in [0.25, 0.3) is 0 Å². The quantitative estimate of drug-likeness (QED) is 0.655. The van der Waals surface area contributed by atoms with Gasteiger partial charge in [-0.15, -0.1) is 11.3 Å².